The number of ether oxygens (including phenoxy) is 2. The van der Waals surface area contributed by atoms with Gasteiger partial charge in [-0.25, -0.2) is 14.8 Å². The fourth-order valence-electron chi connectivity index (χ4n) is 2.92. The van der Waals surface area contributed by atoms with Gasteiger partial charge in [0.25, 0.3) is 0 Å². The number of aromatic nitrogens is 2. The molecule has 0 aliphatic heterocycles. The number of rotatable bonds is 7. The number of anilines is 5. The van der Waals surface area contributed by atoms with Gasteiger partial charge < -0.3 is 25.4 Å². The summed E-state index contributed by atoms with van der Waals surface area (Å²) in [4.78, 5) is 34.0. The maximum Gasteiger partial charge on any atom is 0.327 e. The molecule has 0 saturated heterocycles. The van der Waals surface area contributed by atoms with Crippen molar-refractivity contribution in [3.63, 3.8) is 0 Å². The fourth-order valence-corrected chi connectivity index (χ4v) is 3.51. The molecular formula is C22H22Cl2N6O4. The van der Waals surface area contributed by atoms with Crippen LogP contribution in [0.2, 0.25) is 10.0 Å². The number of para-hydroxylation sites is 2. The van der Waals surface area contributed by atoms with Crippen molar-refractivity contribution < 1.29 is 19.1 Å². The first-order chi connectivity index (χ1) is 16.2. The molecule has 0 atom stereocenters. The largest absolute Gasteiger partial charge is 0.495 e. The molecule has 12 heteroatoms. The average molecular weight is 505 g/mol. The third-order valence-electron chi connectivity index (χ3n) is 4.61. The Kier molecular flexibility index (Phi) is 7.98. The number of carbonyl (C=O) groups excluding carboxylic acids is 2. The molecule has 0 bridgehead atoms. The molecule has 3 aromatic rings. The van der Waals surface area contributed by atoms with Gasteiger partial charge in [-0.1, -0.05) is 35.3 Å². The van der Waals surface area contributed by atoms with Crippen molar-refractivity contribution in [2.45, 2.75) is 6.92 Å². The third-order valence-corrected chi connectivity index (χ3v) is 5.36. The van der Waals surface area contributed by atoms with Crippen molar-refractivity contribution in [1.29, 1.82) is 0 Å². The Morgan fingerprint density at radius 1 is 0.941 bits per heavy atom. The van der Waals surface area contributed by atoms with Gasteiger partial charge in [-0.2, -0.15) is 0 Å². The van der Waals surface area contributed by atoms with Crippen LogP contribution in [0.5, 0.6) is 11.5 Å². The van der Waals surface area contributed by atoms with E-state index in [1.807, 2.05) is 6.07 Å². The average Bonchev–Trinajstić information content (AvgIpc) is 2.82. The van der Waals surface area contributed by atoms with E-state index in [1.165, 1.54) is 45.5 Å². The molecule has 34 heavy (non-hydrogen) atoms. The van der Waals surface area contributed by atoms with Crippen LogP contribution in [0, 0.1) is 0 Å². The molecule has 0 aliphatic carbocycles. The number of hydrogen-bond acceptors (Lipinski definition) is 7. The number of benzene rings is 2. The number of urea groups is 1. The molecule has 3 rings (SSSR count). The summed E-state index contributed by atoms with van der Waals surface area (Å²) in [5.41, 5.74) is 1.34. The highest BCUT2D eigenvalue weighted by Gasteiger charge is 2.21. The highest BCUT2D eigenvalue weighted by molar-refractivity contribution is 6.41. The normalized spacial score (nSPS) is 10.3. The molecule has 3 N–H and O–H groups in total. The van der Waals surface area contributed by atoms with Gasteiger partial charge in [0.05, 0.1) is 31.3 Å². The second-order valence-corrected chi connectivity index (χ2v) is 7.64. The lowest BCUT2D eigenvalue weighted by Crippen LogP contribution is -2.32. The number of halogens is 2. The van der Waals surface area contributed by atoms with Gasteiger partial charge >= 0.3 is 6.03 Å². The van der Waals surface area contributed by atoms with Gasteiger partial charge in [-0.3, -0.25) is 9.69 Å². The summed E-state index contributed by atoms with van der Waals surface area (Å²) in [5.74, 6) is 1.05. The number of nitrogens with zero attached hydrogens (tertiary/aromatic N) is 3. The predicted octanol–water partition coefficient (Wildman–Crippen LogP) is 5.17. The zero-order valence-corrected chi connectivity index (χ0v) is 20.3. The number of hydrogen-bond donors (Lipinski definition) is 3. The first kappa shape index (κ1) is 24.9. The Labute approximate surface area is 206 Å². The van der Waals surface area contributed by atoms with Crippen LogP contribution < -0.4 is 30.3 Å². The Morgan fingerprint density at radius 3 is 2.15 bits per heavy atom. The van der Waals surface area contributed by atoms with Crippen LogP contribution in [0.4, 0.5) is 33.5 Å². The molecule has 2 aromatic carbocycles. The molecule has 1 aromatic heterocycles. The van der Waals surface area contributed by atoms with Crippen LogP contribution in [-0.2, 0) is 4.79 Å². The van der Waals surface area contributed by atoms with E-state index in [9.17, 15) is 9.59 Å². The van der Waals surface area contributed by atoms with Crippen molar-refractivity contribution in [2.75, 3.05) is 42.1 Å². The van der Waals surface area contributed by atoms with Gasteiger partial charge in [-0.05, 0) is 12.1 Å². The smallest absolute Gasteiger partial charge is 0.327 e. The Morgan fingerprint density at radius 2 is 1.56 bits per heavy atom. The second kappa shape index (κ2) is 10.9. The summed E-state index contributed by atoms with van der Waals surface area (Å²) in [6.45, 7) is 1.42. The SMILES string of the molecule is COc1cc(OC)c(Cl)c(NC(=O)N(C)c2cc(Nc3ccccc3NC(C)=O)ncn2)c1Cl. The minimum absolute atomic E-state index is 0.120. The predicted molar refractivity (Wildman–Crippen MR) is 133 cm³/mol. The highest BCUT2D eigenvalue weighted by Crippen LogP contribution is 2.44. The van der Waals surface area contributed by atoms with Crippen molar-refractivity contribution in [3.05, 3.63) is 52.8 Å². The van der Waals surface area contributed by atoms with E-state index in [0.717, 1.165) is 0 Å². The zero-order valence-electron chi connectivity index (χ0n) is 18.8. The quantitative estimate of drug-likeness (QED) is 0.406. The lowest BCUT2D eigenvalue weighted by molar-refractivity contribution is -0.114. The van der Waals surface area contributed by atoms with Crippen LogP contribution in [0.25, 0.3) is 0 Å². The van der Waals surface area contributed by atoms with Gasteiger partial charge in [0.1, 0.15) is 39.5 Å². The molecule has 0 fully saturated rings. The molecule has 0 radical (unpaired) electrons. The Bertz CT molecular complexity index is 1200. The van der Waals surface area contributed by atoms with Crippen LogP contribution in [0.1, 0.15) is 6.92 Å². The van der Waals surface area contributed by atoms with E-state index in [4.69, 9.17) is 32.7 Å². The third kappa shape index (κ3) is 5.59. The van der Waals surface area contributed by atoms with Crippen molar-refractivity contribution in [3.8, 4) is 11.5 Å². The topological polar surface area (TPSA) is 118 Å². The van der Waals surface area contributed by atoms with E-state index in [1.54, 1.807) is 24.3 Å². The van der Waals surface area contributed by atoms with Crippen LogP contribution in [0.15, 0.2) is 42.7 Å². The van der Waals surface area contributed by atoms with E-state index < -0.39 is 6.03 Å². The van der Waals surface area contributed by atoms with E-state index in [2.05, 4.69) is 25.9 Å². The second-order valence-electron chi connectivity index (χ2n) is 6.89. The minimum atomic E-state index is -0.567. The monoisotopic (exact) mass is 504 g/mol. The summed E-state index contributed by atoms with van der Waals surface area (Å²) in [7, 11) is 4.39. The summed E-state index contributed by atoms with van der Waals surface area (Å²) in [5, 5.41) is 8.75. The first-order valence-electron chi connectivity index (χ1n) is 9.85. The Balaban J connectivity index is 1.83. The van der Waals surface area contributed by atoms with Crippen molar-refractivity contribution in [2.24, 2.45) is 0 Å². The first-order valence-corrected chi connectivity index (χ1v) is 10.6. The number of methoxy groups -OCH3 is 2. The minimum Gasteiger partial charge on any atom is -0.495 e. The van der Waals surface area contributed by atoms with E-state index >= 15 is 0 Å². The van der Waals surface area contributed by atoms with Gasteiger partial charge in [0.15, 0.2) is 0 Å². The number of carbonyl (C=O) groups is 2. The maximum atomic E-state index is 12.9. The van der Waals surface area contributed by atoms with Crippen molar-refractivity contribution in [1.82, 2.24) is 9.97 Å². The number of amides is 3. The summed E-state index contributed by atoms with van der Waals surface area (Å²) < 4.78 is 10.5. The molecular weight excluding hydrogens is 483 g/mol. The summed E-state index contributed by atoms with van der Waals surface area (Å²) in [6.07, 6.45) is 1.30. The lowest BCUT2D eigenvalue weighted by atomic mass is 10.2. The van der Waals surface area contributed by atoms with Crippen LogP contribution in [-0.4, -0.2) is 43.2 Å². The summed E-state index contributed by atoms with van der Waals surface area (Å²) >= 11 is 12.7. The van der Waals surface area contributed by atoms with Gasteiger partial charge in [0, 0.05) is 26.1 Å². The van der Waals surface area contributed by atoms with Crippen molar-refractivity contribution >= 4 is 63.8 Å². The molecule has 10 nitrogen and oxygen atoms in total. The molecule has 3 amide bonds. The molecule has 0 unspecified atom stereocenters. The molecule has 0 spiro atoms. The van der Waals surface area contributed by atoms with Crippen LogP contribution >= 0.6 is 23.2 Å². The highest BCUT2D eigenvalue weighted by atomic mass is 35.5. The fraction of sp³-hybridized carbons (Fsp3) is 0.182. The summed E-state index contributed by atoms with van der Waals surface area (Å²) in [6, 6.07) is 9.66. The van der Waals surface area contributed by atoms with Gasteiger partial charge in [-0.15, -0.1) is 0 Å². The molecule has 178 valence electrons. The molecule has 0 aliphatic rings. The molecule has 1 heterocycles. The lowest BCUT2D eigenvalue weighted by Gasteiger charge is -2.20. The number of nitrogens with one attached hydrogen (secondary N) is 3. The zero-order chi connectivity index (χ0) is 24.8. The van der Waals surface area contributed by atoms with Gasteiger partial charge in [0.2, 0.25) is 5.91 Å². The maximum absolute atomic E-state index is 12.9. The Hall–Kier alpha value is -3.76. The van der Waals surface area contributed by atoms with Crippen LogP contribution in [0.3, 0.4) is 0 Å². The molecule has 0 saturated carbocycles. The van der Waals surface area contributed by atoms with E-state index in [-0.39, 0.29) is 39.0 Å². The standard InChI is InChI=1S/C22H22Cl2N6O4/c1-12(31)27-13-7-5-6-8-14(13)28-17-10-18(26-11-25-17)30(2)22(32)29-21-19(23)15(33-3)9-16(34-4)20(21)24/h5-11H,1-4H3,(H,27,31)(H,29,32)(H,25,26,28). The van der Waals surface area contributed by atoms with E-state index in [0.29, 0.717) is 17.2 Å².